The van der Waals surface area contributed by atoms with E-state index in [0.29, 0.717) is 0 Å². The molecule has 0 aliphatic heterocycles. The van der Waals surface area contributed by atoms with Gasteiger partial charge in [-0.2, -0.15) is 0 Å². The SMILES string of the molecule is CCCCCCCCCCCCCCCCc1ccc(S(=O)(=O)[O-])c(CCCCCCCCCCCCCCCC)c1CCCCCCCCCCCCCCCC.[Li+]. The molecule has 3 nitrogen and oxygen atoms in total. The average Bonchev–Trinajstić information content (AvgIpc) is 3.21. The number of rotatable bonds is 46. The van der Waals surface area contributed by atoms with E-state index in [2.05, 4.69) is 20.8 Å². The fraction of sp³-hybridized carbons (Fsp3) is 0.889. The number of aryl methyl sites for hydroxylation is 1. The molecule has 0 spiro atoms. The van der Waals surface area contributed by atoms with Crippen LogP contribution in [0.2, 0.25) is 0 Å². The molecule has 0 aliphatic carbocycles. The van der Waals surface area contributed by atoms with Crippen molar-refractivity contribution in [1.29, 1.82) is 0 Å². The van der Waals surface area contributed by atoms with Gasteiger partial charge in [0.1, 0.15) is 10.1 Å². The second-order valence-electron chi connectivity index (χ2n) is 18.7. The summed E-state index contributed by atoms with van der Waals surface area (Å²) in [6.07, 6.45) is 58.7. The maximum atomic E-state index is 12.6. The molecule has 0 bridgehead atoms. The summed E-state index contributed by atoms with van der Waals surface area (Å²) in [4.78, 5) is 0.0762. The first kappa shape index (κ1) is 58.7. The third-order valence-corrected chi connectivity index (χ3v) is 14.0. The first-order valence-electron chi connectivity index (χ1n) is 26.5. The molecule has 0 aliphatic rings. The molecule has 0 saturated heterocycles. The van der Waals surface area contributed by atoms with Crippen LogP contribution < -0.4 is 18.9 Å². The van der Waals surface area contributed by atoms with Crippen molar-refractivity contribution < 1.29 is 31.8 Å². The molecule has 0 saturated carbocycles. The minimum Gasteiger partial charge on any atom is -0.744 e. The predicted molar refractivity (Wildman–Crippen MR) is 256 cm³/mol. The number of unbranched alkanes of at least 4 members (excludes halogenated alkanes) is 39. The molecular formula is C54H101LiO3S. The Kier molecular flexibility index (Phi) is 44.1. The van der Waals surface area contributed by atoms with Gasteiger partial charge in [0.15, 0.2) is 0 Å². The zero-order chi connectivity index (χ0) is 42.0. The summed E-state index contributed by atoms with van der Waals surface area (Å²) < 4.78 is 37.8. The fourth-order valence-electron chi connectivity index (χ4n) is 9.28. The van der Waals surface area contributed by atoms with Gasteiger partial charge in [0.05, 0.1) is 4.90 Å². The minimum atomic E-state index is -4.50. The van der Waals surface area contributed by atoms with E-state index in [1.807, 2.05) is 6.07 Å². The van der Waals surface area contributed by atoms with E-state index in [-0.39, 0.29) is 23.8 Å². The maximum absolute atomic E-state index is 12.6. The van der Waals surface area contributed by atoms with Crippen molar-refractivity contribution in [2.75, 3.05) is 0 Å². The Morgan fingerprint density at radius 3 is 0.797 bits per heavy atom. The molecule has 0 N–H and O–H groups in total. The summed E-state index contributed by atoms with van der Waals surface area (Å²) in [5, 5.41) is 0. The van der Waals surface area contributed by atoms with E-state index >= 15 is 0 Å². The van der Waals surface area contributed by atoms with Crippen molar-refractivity contribution in [3.8, 4) is 0 Å². The van der Waals surface area contributed by atoms with Crippen LogP contribution in [0.1, 0.15) is 307 Å². The molecule has 1 aromatic carbocycles. The van der Waals surface area contributed by atoms with E-state index in [9.17, 15) is 13.0 Å². The smallest absolute Gasteiger partial charge is 0.744 e. The fourth-order valence-corrected chi connectivity index (χ4v) is 10.0. The first-order valence-corrected chi connectivity index (χ1v) is 28.0. The molecule has 0 fully saturated rings. The van der Waals surface area contributed by atoms with Crippen molar-refractivity contribution in [3.63, 3.8) is 0 Å². The summed E-state index contributed by atoms with van der Waals surface area (Å²) in [7, 11) is -4.50. The van der Waals surface area contributed by atoms with Gasteiger partial charge in [-0.25, -0.2) is 8.42 Å². The Hall–Kier alpha value is -0.273. The van der Waals surface area contributed by atoms with Gasteiger partial charge < -0.3 is 4.55 Å². The molecular weight excluding hydrogens is 736 g/mol. The number of benzene rings is 1. The van der Waals surface area contributed by atoms with E-state index in [0.717, 1.165) is 50.5 Å². The molecule has 1 rings (SSSR count). The predicted octanol–water partition coefficient (Wildman–Crippen LogP) is 15.7. The maximum Gasteiger partial charge on any atom is 1.00 e. The van der Waals surface area contributed by atoms with E-state index in [1.165, 1.54) is 255 Å². The molecule has 0 heterocycles. The van der Waals surface area contributed by atoms with Gasteiger partial charge in [-0.15, -0.1) is 0 Å². The third-order valence-electron chi connectivity index (χ3n) is 13.1. The normalized spacial score (nSPS) is 11.7. The molecule has 5 heteroatoms. The quantitative estimate of drug-likeness (QED) is 0.0373. The van der Waals surface area contributed by atoms with Crippen LogP contribution in [-0.2, 0) is 29.4 Å². The minimum absolute atomic E-state index is 0. The number of hydrogen-bond acceptors (Lipinski definition) is 3. The standard InChI is InChI=1S/C54H102O3S.Li/c1-4-7-10-13-16-19-22-25-28-31-34-37-40-43-46-51-49-50-54(58(55,56)57)53(48-45-42-39-36-33-30-27-24-21-18-15-12-9-6-3)52(51)47-44-41-38-35-32-29-26-23-20-17-14-11-8-5-2;/h49-50H,4-48H2,1-3H3,(H,55,56,57);/q;+1/p-1. The Morgan fingerprint density at radius 2 is 0.542 bits per heavy atom. The second-order valence-corrected chi connectivity index (χ2v) is 20.0. The topological polar surface area (TPSA) is 57.2 Å². The summed E-state index contributed by atoms with van der Waals surface area (Å²) in [5.41, 5.74) is 3.42. The summed E-state index contributed by atoms with van der Waals surface area (Å²) >= 11 is 0. The molecule has 0 aromatic heterocycles. The monoisotopic (exact) mass is 837 g/mol. The van der Waals surface area contributed by atoms with Crippen molar-refractivity contribution in [2.24, 2.45) is 0 Å². The largest absolute Gasteiger partial charge is 1.00 e. The zero-order valence-electron chi connectivity index (χ0n) is 40.6. The summed E-state index contributed by atoms with van der Waals surface area (Å²) in [6.45, 7) is 6.87. The van der Waals surface area contributed by atoms with E-state index in [1.54, 1.807) is 6.07 Å². The Balaban J connectivity index is 0.0000336. The molecule has 0 unspecified atom stereocenters. The average molecular weight is 837 g/mol. The van der Waals surface area contributed by atoms with Crippen LogP contribution in [0, 0.1) is 0 Å². The van der Waals surface area contributed by atoms with Gasteiger partial charge in [-0.3, -0.25) is 0 Å². The van der Waals surface area contributed by atoms with Gasteiger partial charge in [0, 0.05) is 0 Å². The van der Waals surface area contributed by atoms with Crippen LogP contribution in [-0.4, -0.2) is 13.0 Å². The Bertz CT molecular complexity index is 1120. The molecule has 342 valence electrons. The molecule has 0 atom stereocenters. The van der Waals surface area contributed by atoms with Gasteiger partial charge in [-0.1, -0.05) is 277 Å². The van der Waals surface area contributed by atoms with Crippen molar-refractivity contribution in [3.05, 3.63) is 28.8 Å². The van der Waals surface area contributed by atoms with Crippen molar-refractivity contribution >= 4 is 10.1 Å². The Morgan fingerprint density at radius 1 is 0.322 bits per heavy atom. The molecule has 0 radical (unpaired) electrons. The van der Waals surface area contributed by atoms with Gasteiger partial charge in [0.25, 0.3) is 0 Å². The van der Waals surface area contributed by atoms with Gasteiger partial charge >= 0.3 is 18.9 Å². The van der Waals surface area contributed by atoms with Crippen LogP contribution in [0.3, 0.4) is 0 Å². The van der Waals surface area contributed by atoms with Crippen LogP contribution in [0.15, 0.2) is 17.0 Å². The van der Waals surface area contributed by atoms with Crippen LogP contribution in [0.4, 0.5) is 0 Å². The van der Waals surface area contributed by atoms with Crippen molar-refractivity contribution in [2.45, 2.75) is 315 Å². The first-order chi connectivity index (χ1) is 28.5. The van der Waals surface area contributed by atoms with Crippen LogP contribution in [0.5, 0.6) is 0 Å². The van der Waals surface area contributed by atoms with Crippen LogP contribution >= 0.6 is 0 Å². The summed E-state index contributed by atoms with van der Waals surface area (Å²) in [6, 6.07) is 3.69. The Labute approximate surface area is 383 Å². The molecule has 59 heavy (non-hydrogen) atoms. The third kappa shape index (κ3) is 35.8. The summed E-state index contributed by atoms with van der Waals surface area (Å²) in [5.74, 6) is 0. The van der Waals surface area contributed by atoms with Gasteiger partial charge in [0.2, 0.25) is 0 Å². The molecule has 0 amide bonds. The number of hydrogen-bond donors (Lipinski definition) is 0. The van der Waals surface area contributed by atoms with E-state index < -0.39 is 10.1 Å². The van der Waals surface area contributed by atoms with Gasteiger partial charge in [-0.05, 0) is 61.3 Å². The second kappa shape index (κ2) is 44.3. The van der Waals surface area contributed by atoms with Crippen LogP contribution in [0.25, 0.3) is 0 Å². The van der Waals surface area contributed by atoms with Crippen molar-refractivity contribution in [1.82, 2.24) is 0 Å². The van der Waals surface area contributed by atoms with E-state index in [4.69, 9.17) is 0 Å². The zero-order valence-corrected chi connectivity index (χ0v) is 41.4. The molecule has 1 aromatic rings.